The first-order valence-corrected chi connectivity index (χ1v) is 8.47. The number of piperidine rings is 2. The van der Waals surface area contributed by atoms with E-state index in [-0.39, 0.29) is 25.7 Å². The van der Waals surface area contributed by atoms with Crippen LogP contribution in [0.25, 0.3) is 0 Å². The second-order valence-electron chi connectivity index (χ2n) is 5.60. The van der Waals surface area contributed by atoms with Crippen LogP contribution in [0.15, 0.2) is 0 Å². The van der Waals surface area contributed by atoms with E-state index in [2.05, 4.69) is 0 Å². The molecule has 7 nitrogen and oxygen atoms in total. The topological polar surface area (TPSA) is 87.2 Å². The van der Waals surface area contributed by atoms with Crippen molar-refractivity contribution in [2.75, 3.05) is 33.3 Å². The Hall–Kier alpha value is -0.840. The molecule has 10 heteroatoms. The number of hydrogen-bond donors (Lipinski definition) is 1. The summed E-state index contributed by atoms with van der Waals surface area (Å²) in [5.41, 5.74) is 0. The van der Waals surface area contributed by atoms with Crippen LogP contribution in [0.2, 0.25) is 0 Å². The van der Waals surface area contributed by atoms with Crippen LogP contribution in [-0.2, 0) is 19.7 Å². The SMILES string of the molecule is COC1CCN(S(=O)(=O)N2CCC(F)(F)C(C(=O)O)C2)CC1. The molecular weight excluding hydrogens is 322 g/mol. The average Bonchev–Trinajstić information content (AvgIpc) is 2.46. The van der Waals surface area contributed by atoms with E-state index in [1.807, 2.05) is 0 Å². The highest BCUT2D eigenvalue weighted by atomic mass is 32.2. The highest BCUT2D eigenvalue weighted by molar-refractivity contribution is 7.86. The zero-order chi connectivity index (χ0) is 16.5. The molecule has 0 amide bonds. The van der Waals surface area contributed by atoms with E-state index in [4.69, 9.17) is 9.84 Å². The minimum atomic E-state index is -3.92. The third-order valence-corrected chi connectivity index (χ3v) is 6.28. The van der Waals surface area contributed by atoms with Gasteiger partial charge in [-0.15, -0.1) is 0 Å². The first-order valence-electron chi connectivity index (χ1n) is 7.07. The van der Waals surface area contributed by atoms with E-state index in [1.165, 1.54) is 4.31 Å². The number of halogens is 2. The van der Waals surface area contributed by atoms with Crippen LogP contribution in [0.4, 0.5) is 8.78 Å². The van der Waals surface area contributed by atoms with Gasteiger partial charge in [-0.05, 0) is 12.8 Å². The molecule has 128 valence electrons. The Bertz CT molecular complexity index is 520. The van der Waals surface area contributed by atoms with Gasteiger partial charge < -0.3 is 9.84 Å². The quantitative estimate of drug-likeness (QED) is 0.798. The molecule has 0 saturated carbocycles. The second-order valence-corrected chi connectivity index (χ2v) is 7.53. The number of methoxy groups -OCH3 is 1. The minimum Gasteiger partial charge on any atom is -0.481 e. The molecule has 0 spiro atoms. The molecule has 0 aromatic heterocycles. The van der Waals surface area contributed by atoms with Crippen LogP contribution in [0.3, 0.4) is 0 Å². The third kappa shape index (κ3) is 3.39. The number of carbonyl (C=O) groups is 1. The van der Waals surface area contributed by atoms with Crippen molar-refractivity contribution >= 4 is 16.2 Å². The number of alkyl halides is 2. The number of ether oxygens (including phenoxy) is 1. The average molecular weight is 342 g/mol. The first kappa shape index (κ1) is 17.5. The van der Waals surface area contributed by atoms with Crippen LogP contribution < -0.4 is 0 Å². The van der Waals surface area contributed by atoms with Gasteiger partial charge in [-0.1, -0.05) is 0 Å². The first-order chi connectivity index (χ1) is 10.2. The van der Waals surface area contributed by atoms with Crippen molar-refractivity contribution in [2.24, 2.45) is 5.92 Å². The molecule has 22 heavy (non-hydrogen) atoms. The van der Waals surface area contributed by atoms with Gasteiger partial charge in [0.2, 0.25) is 0 Å². The lowest BCUT2D eigenvalue weighted by Gasteiger charge is -2.39. The Balaban J connectivity index is 2.09. The Morgan fingerprint density at radius 1 is 1.23 bits per heavy atom. The van der Waals surface area contributed by atoms with Gasteiger partial charge in [0.25, 0.3) is 16.1 Å². The molecule has 0 aromatic carbocycles. The van der Waals surface area contributed by atoms with E-state index < -0.39 is 41.0 Å². The van der Waals surface area contributed by atoms with Crippen molar-refractivity contribution in [1.82, 2.24) is 8.61 Å². The fourth-order valence-electron chi connectivity index (χ4n) is 2.81. The van der Waals surface area contributed by atoms with Crippen molar-refractivity contribution in [3.8, 4) is 0 Å². The van der Waals surface area contributed by atoms with E-state index in [9.17, 15) is 22.0 Å². The molecule has 1 unspecified atom stereocenters. The van der Waals surface area contributed by atoms with Gasteiger partial charge in [0.05, 0.1) is 6.10 Å². The molecule has 2 saturated heterocycles. The second kappa shape index (κ2) is 6.34. The highest BCUT2D eigenvalue weighted by Crippen LogP contribution is 2.35. The Morgan fingerprint density at radius 2 is 1.82 bits per heavy atom. The molecule has 0 aliphatic carbocycles. The van der Waals surface area contributed by atoms with Gasteiger partial charge in [-0.2, -0.15) is 17.0 Å². The Morgan fingerprint density at radius 3 is 2.32 bits per heavy atom. The number of hydrogen-bond acceptors (Lipinski definition) is 4. The maximum atomic E-state index is 13.6. The summed E-state index contributed by atoms with van der Waals surface area (Å²) in [4.78, 5) is 11.0. The van der Waals surface area contributed by atoms with Crippen molar-refractivity contribution in [3.05, 3.63) is 0 Å². The lowest BCUT2D eigenvalue weighted by molar-refractivity contribution is -0.163. The van der Waals surface area contributed by atoms with Crippen molar-refractivity contribution in [1.29, 1.82) is 0 Å². The lowest BCUT2D eigenvalue weighted by Crippen LogP contribution is -2.56. The molecule has 1 atom stereocenters. The maximum Gasteiger partial charge on any atom is 0.314 e. The number of carboxylic acids is 1. The van der Waals surface area contributed by atoms with Gasteiger partial charge in [-0.3, -0.25) is 4.79 Å². The highest BCUT2D eigenvalue weighted by Gasteiger charge is 2.51. The summed E-state index contributed by atoms with van der Waals surface area (Å²) in [6, 6.07) is 0. The third-order valence-electron chi connectivity index (χ3n) is 4.28. The Kier molecular flexibility index (Phi) is 5.05. The smallest absolute Gasteiger partial charge is 0.314 e. The monoisotopic (exact) mass is 342 g/mol. The number of nitrogens with zero attached hydrogens (tertiary/aromatic N) is 2. The summed E-state index contributed by atoms with van der Waals surface area (Å²) in [7, 11) is -2.36. The van der Waals surface area contributed by atoms with E-state index >= 15 is 0 Å². The predicted molar refractivity (Wildman–Crippen MR) is 72.8 cm³/mol. The minimum absolute atomic E-state index is 0.0103. The molecule has 2 heterocycles. The van der Waals surface area contributed by atoms with Gasteiger partial charge in [0, 0.05) is 39.7 Å². The van der Waals surface area contributed by atoms with Crippen LogP contribution in [0.1, 0.15) is 19.3 Å². The molecule has 1 N–H and O–H groups in total. The van der Waals surface area contributed by atoms with Gasteiger partial charge in [0.1, 0.15) is 5.92 Å². The molecule has 2 rings (SSSR count). The molecular formula is C12H20F2N2O5S. The van der Waals surface area contributed by atoms with Crippen molar-refractivity contribution < 1.29 is 31.8 Å². The van der Waals surface area contributed by atoms with E-state index in [0.717, 1.165) is 4.31 Å². The van der Waals surface area contributed by atoms with Crippen LogP contribution >= 0.6 is 0 Å². The standard InChI is InChI=1S/C12H20F2N2O5S/c1-21-9-2-5-15(6-3-9)22(19,20)16-7-4-12(13,14)10(8-16)11(17)18/h9-10H,2-8H2,1H3,(H,17,18). The summed E-state index contributed by atoms with van der Waals surface area (Å²) in [5.74, 6) is -7.07. The molecule has 2 aliphatic heterocycles. The number of rotatable bonds is 4. The predicted octanol–water partition coefficient (Wildman–Crippen LogP) is 0.384. The fraction of sp³-hybridized carbons (Fsp3) is 0.917. The van der Waals surface area contributed by atoms with Crippen LogP contribution in [-0.4, -0.2) is 73.4 Å². The van der Waals surface area contributed by atoms with Crippen molar-refractivity contribution in [3.63, 3.8) is 0 Å². The number of carboxylic acid groups (broad SMARTS) is 1. The van der Waals surface area contributed by atoms with Gasteiger partial charge >= 0.3 is 5.97 Å². The molecule has 2 fully saturated rings. The molecule has 0 aromatic rings. The molecule has 0 bridgehead atoms. The summed E-state index contributed by atoms with van der Waals surface area (Å²) >= 11 is 0. The zero-order valence-corrected chi connectivity index (χ0v) is 13.1. The summed E-state index contributed by atoms with van der Waals surface area (Å²) < 4.78 is 59.4. The Labute approximate surface area is 128 Å². The van der Waals surface area contributed by atoms with Crippen molar-refractivity contribution in [2.45, 2.75) is 31.3 Å². The lowest BCUT2D eigenvalue weighted by atomic mass is 9.95. The van der Waals surface area contributed by atoms with E-state index in [1.54, 1.807) is 7.11 Å². The zero-order valence-electron chi connectivity index (χ0n) is 12.2. The van der Waals surface area contributed by atoms with E-state index in [0.29, 0.717) is 12.8 Å². The number of aliphatic carboxylic acids is 1. The summed E-state index contributed by atoms with van der Waals surface area (Å²) in [5, 5.41) is 8.90. The van der Waals surface area contributed by atoms with Crippen LogP contribution in [0.5, 0.6) is 0 Å². The summed E-state index contributed by atoms with van der Waals surface area (Å²) in [6.07, 6.45) is 0.269. The largest absolute Gasteiger partial charge is 0.481 e. The normalized spacial score (nSPS) is 28.6. The molecule has 0 radical (unpaired) electrons. The van der Waals surface area contributed by atoms with Gasteiger partial charge in [0.15, 0.2) is 0 Å². The molecule has 2 aliphatic rings. The van der Waals surface area contributed by atoms with Crippen LogP contribution in [0, 0.1) is 5.92 Å². The maximum absolute atomic E-state index is 13.6. The van der Waals surface area contributed by atoms with Gasteiger partial charge in [-0.25, -0.2) is 8.78 Å². The summed E-state index contributed by atoms with van der Waals surface area (Å²) in [6.45, 7) is -0.588. The fourth-order valence-corrected chi connectivity index (χ4v) is 4.46.